The Bertz CT molecular complexity index is 2220. The summed E-state index contributed by atoms with van der Waals surface area (Å²) in [5.74, 6) is 27.4. The molecule has 60 heavy (non-hydrogen) atoms. The Balaban J connectivity index is 0.838. The molecule has 1 aromatic rings. The Morgan fingerprint density at radius 1 is 0.600 bits per heavy atom. The largest absolute Gasteiger partial charge is 0.466 e. The van der Waals surface area contributed by atoms with Crippen LogP contribution < -0.4 is 0 Å². The zero-order valence-electron chi connectivity index (χ0n) is 36.4. The average molecular weight is 799 g/mol. The molecule has 29 atom stereocenters. The van der Waals surface area contributed by atoms with E-state index in [9.17, 15) is 4.79 Å². The average Bonchev–Trinajstić information content (AvgIpc) is 3.97. The summed E-state index contributed by atoms with van der Waals surface area (Å²) < 4.78 is 6.07. The molecular formula is C58H70O2. The van der Waals surface area contributed by atoms with Crippen LogP contribution >= 0.6 is 0 Å². The lowest BCUT2D eigenvalue weighted by atomic mass is 9.43. The Morgan fingerprint density at radius 3 is 1.93 bits per heavy atom. The topological polar surface area (TPSA) is 26.3 Å². The van der Waals surface area contributed by atoms with E-state index < -0.39 is 0 Å². The molecule has 2 spiro atoms. The molecule has 0 aromatic heterocycles. The second-order valence-electron chi connectivity index (χ2n) is 26.7. The van der Waals surface area contributed by atoms with Gasteiger partial charge in [0, 0.05) is 22.7 Å². The molecule has 0 aliphatic heterocycles. The van der Waals surface area contributed by atoms with Crippen LogP contribution in [0.4, 0.5) is 0 Å². The van der Waals surface area contributed by atoms with Crippen LogP contribution in [0.3, 0.4) is 0 Å². The van der Waals surface area contributed by atoms with Crippen LogP contribution in [-0.4, -0.2) is 12.6 Å². The molecule has 0 amide bonds. The number of unbranched alkanes of at least 4 members (excludes halogenated alkanes) is 5. The van der Waals surface area contributed by atoms with Gasteiger partial charge in [0.05, 0.1) is 6.61 Å². The van der Waals surface area contributed by atoms with Crippen LogP contribution in [0.25, 0.3) is 0 Å². The summed E-state index contributed by atoms with van der Waals surface area (Å²) in [5.41, 5.74) is 6.59. The van der Waals surface area contributed by atoms with Crippen LogP contribution in [-0.2, 0) is 14.9 Å². The van der Waals surface area contributed by atoms with E-state index in [0.717, 1.165) is 167 Å². The SMILES string of the molecule is CCCCCCCCOC(=O)CCCC1(c2ccccc2)C23C4=CC5CC6CC7CC8CC9CC%10CC%11CC(=C4)C4C%12C%11C%10C%10C9C9C8C7C7C8C9C%10C%12C(C8C(C67)C512)C43. The summed E-state index contributed by atoms with van der Waals surface area (Å²) >= 11 is 0. The maximum Gasteiger partial charge on any atom is 0.305 e. The minimum absolute atomic E-state index is 0.103. The van der Waals surface area contributed by atoms with E-state index in [1.54, 1.807) is 37.7 Å². The van der Waals surface area contributed by atoms with Gasteiger partial charge in [-0.05, 0) is 229 Å². The van der Waals surface area contributed by atoms with Crippen LogP contribution in [0.5, 0.6) is 0 Å². The smallest absolute Gasteiger partial charge is 0.305 e. The molecule has 2 heteroatoms. The Kier molecular flexibility index (Phi) is 5.88. The maximum atomic E-state index is 13.7. The highest BCUT2D eigenvalue weighted by molar-refractivity contribution is 5.71. The molecule has 15 saturated carbocycles. The summed E-state index contributed by atoms with van der Waals surface area (Å²) in [7, 11) is 0. The molecule has 2 nitrogen and oxygen atoms in total. The van der Waals surface area contributed by atoms with Crippen molar-refractivity contribution in [3.63, 3.8) is 0 Å². The fourth-order valence-electron chi connectivity index (χ4n) is 28.4. The van der Waals surface area contributed by atoms with Gasteiger partial charge in [-0.25, -0.2) is 0 Å². The number of esters is 1. The zero-order chi connectivity index (χ0) is 38.5. The van der Waals surface area contributed by atoms with Gasteiger partial charge in [-0.1, -0.05) is 87.1 Å². The molecule has 314 valence electrons. The number of benzene rings is 1. The zero-order valence-corrected chi connectivity index (χ0v) is 36.4. The van der Waals surface area contributed by atoms with Crippen molar-refractivity contribution in [2.24, 2.45) is 165 Å². The van der Waals surface area contributed by atoms with E-state index in [-0.39, 0.29) is 11.4 Å². The van der Waals surface area contributed by atoms with Gasteiger partial charge >= 0.3 is 5.97 Å². The lowest BCUT2D eigenvalue weighted by Gasteiger charge is -2.61. The van der Waals surface area contributed by atoms with Crippen LogP contribution in [0.1, 0.15) is 115 Å². The summed E-state index contributed by atoms with van der Waals surface area (Å²) in [4.78, 5) is 13.7. The van der Waals surface area contributed by atoms with Gasteiger partial charge in [-0.15, -0.1) is 0 Å². The number of allylic oxidation sites excluding steroid dienone is 4. The highest BCUT2D eigenvalue weighted by Crippen LogP contribution is 3.05. The highest BCUT2D eigenvalue weighted by atomic mass is 16.5. The second kappa shape index (κ2) is 10.5. The Hall–Kier alpha value is -1.83. The number of rotatable bonds is 12. The first-order valence-electron chi connectivity index (χ1n) is 27.3. The number of hydrogen-bond donors (Lipinski definition) is 0. The predicted octanol–water partition coefficient (Wildman–Crippen LogP) is 11.8. The van der Waals surface area contributed by atoms with Gasteiger partial charge in [0.15, 0.2) is 0 Å². The monoisotopic (exact) mass is 799 g/mol. The van der Waals surface area contributed by atoms with Crippen molar-refractivity contribution in [1.82, 2.24) is 0 Å². The molecule has 15 fully saturated rings. The van der Waals surface area contributed by atoms with E-state index in [0.29, 0.717) is 23.9 Å². The summed E-state index contributed by atoms with van der Waals surface area (Å²) in [6.45, 7) is 2.93. The van der Waals surface area contributed by atoms with Gasteiger partial charge in [-0.3, -0.25) is 4.79 Å². The third kappa shape index (κ3) is 3.04. The van der Waals surface area contributed by atoms with Crippen molar-refractivity contribution in [2.75, 3.05) is 6.61 Å². The normalized spacial score (nSPS) is 64.4. The molecule has 0 N–H and O–H groups in total. The summed E-state index contributed by atoms with van der Waals surface area (Å²) in [5, 5.41) is 0. The second-order valence-corrected chi connectivity index (χ2v) is 26.7. The van der Waals surface area contributed by atoms with E-state index in [4.69, 9.17) is 4.74 Å². The van der Waals surface area contributed by atoms with Crippen LogP contribution in [0.15, 0.2) is 53.6 Å². The third-order valence-electron chi connectivity index (χ3n) is 27.0. The molecule has 18 rings (SSSR count). The molecule has 17 aliphatic rings. The van der Waals surface area contributed by atoms with Crippen molar-refractivity contribution in [1.29, 1.82) is 0 Å². The number of hydrogen-bond acceptors (Lipinski definition) is 2. The number of ether oxygens (including phenoxy) is 1. The first-order valence-corrected chi connectivity index (χ1v) is 27.3. The molecule has 0 saturated heterocycles. The van der Waals surface area contributed by atoms with E-state index >= 15 is 0 Å². The standard InChI is InChI=1S/C58H70O2/c1-2-3-4-5-6-10-16-60-36(59)14-11-15-56(33-12-8-7-9-13-33)57-34-23-31-21-28-17-26-19-30-20-27-18-29-22-32-24-35(25-34)58(56,57)55-43(32)47-40(29)38(27)45-41(30)44-37(26)39(28)46-42(31)54(57)52-50(46)48(44)49(45)51(47)53(52)55/h7-9,12-13,23,25-30,32,35,37-55H,2-6,10-11,14-22,24H2,1H3. The lowest BCUT2D eigenvalue weighted by molar-refractivity contribution is -0.149. The summed E-state index contributed by atoms with van der Waals surface area (Å²) in [6, 6.07) is 12.5. The third-order valence-corrected chi connectivity index (χ3v) is 27.0. The van der Waals surface area contributed by atoms with Crippen LogP contribution in [0.2, 0.25) is 0 Å². The molecule has 0 bridgehead atoms. The Morgan fingerprint density at radius 2 is 1.18 bits per heavy atom. The van der Waals surface area contributed by atoms with Crippen molar-refractivity contribution in [2.45, 2.75) is 115 Å². The van der Waals surface area contributed by atoms with Crippen molar-refractivity contribution < 1.29 is 9.53 Å². The maximum absolute atomic E-state index is 13.7. The fourth-order valence-corrected chi connectivity index (χ4v) is 28.4. The van der Waals surface area contributed by atoms with E-state index in [1.165, 1.54) is 51.4 Å². The first-order chi connectivity index (χ1) is 29.6. The van der Waals surface area contributed by atoms with Gasteiger partial charge in [0.2, 0.25) is 0 Å². The fraction of sp³-hybridized carbons (Fsp3) is 0.810. The van der Waals surface area contributed by atoms with Gasteiger partial charge in [0.25, 0.3) is 0 Å². The molecular weight excluding hydrogens is 729 g/mol. The predicted molar refractivity (Wildman–Crippen MR) is 230 cm³/mol. The van der Waals surface area contributed by atoms with Crippen molar-refractivity contribution >= 4 is 5.97 Å². The van der Waals surface area contributed by atoms with Crippen LogP contribution in [0, 0.1) is 165 Å². The Labute approximate surface area is 359 Å². The molecule has 0 heterocycles. The van der Waals surface area contributed by atoms with E-state index in [1.807, 2.05) is 11.1 Å². The van der Waals surface area contributed by atoms with Gasteiger partial charge in [-0.2, -0.15) is 0 Å². The van der Waals surface area contributed by atoms with Gasteiger partial charge < -0.3 is 4.74 Å². The minimum Gasteiger partial charge on any atom is -0.466 e. The number of carbonyl (C=O) groups is 1. The van der Waals surface area contributed by atoms with Crippen molar-refractivity contribution in [3.05, 3.63) is 59.2 Å². The first kappa shape index (κ1) is 33.6. The van der Waals surface area contributed by atoms with E-state index in [2.05, 4.69) is 49.4 Å². The van der Waals surface area contributed by atoms with Gasteiger partial charge in [0.1, 0.15) is 0 Å². The molecule has 29 unspecified atom stereocenters. The molecule has 0 radical (unpaired) electrons. The lowest BCUT2D eigenvalue weighted by Crippen LogP contribution is -2.58. The molecule has 1 aromatic carbocycles. The summed E-state index contributed by atoms with van der Waals surface area (Å²) in [6.07, 6.45) is 27.8. The quantitative estimate of drug-likeness (QED) is 0.156. The number of carbonyl (C=O) groups excluding carboxylic acids is 1. The molecule has 17 aliphatic carbocycles. The van der Waals surface area contributed by atoms with Crippen molar-refractivity contribution in [3.8, 4) is 0 Å². The minimum atomic E-state index is 0.103. The highest BCUT2D eigenvalue weighted by Gasteiger charge is 3.02.